The molecular weight excluding hydrogens is 224 g/mol. The Morgan fingerprint density at radius 3 is 2.67 bits per heavy atom. The molecule has 1 saturated carbocycles. The van der Waals surface area contributed by atoms with Gasteiger partial charge in [0.15, 0.2) is 0 Å². The smallest absolute Gasteiger partial charge is 0.112 e. The molecule has 0 spiro atoms. The standard InChI is InChI=1S/C16H28O2/c1-3-5-6-7-11-14-12-9-8-10-13(12)15(17)16(14,18)4-2/h13,15,17-18H,3-11H2,1-2H3/t13-,15-,16+/m0/s1. The highest BCUT2D eigenvalue weighted by molar-refractivity contribution is 5.38. The number of fused-ring (bicyclic) bond motifs is 1. The van der Waals surface area contributed by atoms with Gasteiger partial charge < -0.3 is 10.2 Å². The number of unbranched alkanes of at least 4 members (excludes halogenated alkanes) is 3. The topological polar surface area (TPSA) is 40.5 Å². The van der Waals surface area contributed by atoms with Crippen molar-refractivity contribution >= 4 is 0 Å². The molecule has 3 atom stereocenters. The van der Waals surface area contributed by atoms with Crippen molar-refractivity contribution < 1.29 is 10.2 Å². The Balaban J connectivity index is 2.09. The van der Waals surface area contributed by atoms with Crippen LogP contribution in [0, 0.1) is 5.92 Å². The highest BCUT2D eigenvalue weighted by Gasteiger charge is 2.51. The third-order valence-electron chi connectivity index (χ3n) is 5.01. The van der Waals surface area contributed by atoms with Gasteiger partial charge in [0.05, 0.1) is 6.10 Å². The number of rotatable bonds is 6. The van der Waals surface area contributed by atoms with E-state index in [1.54, 1.807) is 0 Å². The summed E-state index contributed by atoms with van der Waals surface area (Å²) in [6.07, 6.45) is 9.39. The van der Waals surface area contributed by atoms with Crippen molar-refractivity contribution in [1.82, 2.24) is 0 Å². The maximum Gasteiger partial charge on any atom is 0.112 e. The van der Waals surface area contributed by atoms with E-state index >= 15 is 0 Å². The first-order chi connectivity index (χ1) is 8.65. The van der Waals surface area contributed by atoms with Crippen LogP contribution in [0.25, 0.3) is 0 Å². The van der Waals surface area contributed by atoms with Gasteiger partial charge in [0.1, 0.15) is 5.60 Å². The van der Waals surface area contributed by atoms with Crippen LogP contribution in [-0.4, -0.2) is 21.9 Å². The molecule has 0 saturated heterocycles. The van der Waals surface area contributed by atoms with E-state index < -0.39 is 11.7 Å². The lowest BCUT2D eigenvalue weighted by Gasteiger charge is -2.31. The Morgan fingerprint density at radius 1 is 1.22 bits per heavy atom. The van der Waals surface area contributed by atoms with Gasteiger partial charge >= 0.3 is 0 Å². The maximum atomic E-state index is 10.8. The fourth-order valence-corrected chi connectivity index (χ4v) is 3.91. The molecule has 2 aliphatic rings. The first kappa shape index (κ1) is 14.1. The van der Waals surface area contributed by atoms with Crippen LogP contribution in [0.1, 0.15) is 71.6 Å². The average molecular weight is 252 g/mol. The minimum Gasteiger partial charge on any atom is -0.389 e. The van der Waals surface area contributed by atoms with Gasteiger partial charge in [-0.1, -0.05) is 38.7 Å². The minimum atomic E-state index is -0.910. The Hall–Kier alpha value is -0.340. The predicted molar refractivity (Wildman–Crippen MR) is 74.4 cm³/mol. The molecule has 18 heavy (non-hydrogen) atoms. The van der Waals surface area contributed by atoms with Crippen molar-refractivity contribution in [3.8, 4) is 0 Å². The van der Waals surface area contributed by atoms with Crippen molar-refractivity contribution in [2.45, 2.75) is 83.3 Å². The second-order valence-electron chi connectivity index (χ2n) is 6.04. The van der Waals surface area contributed by atoms with Gasteiger partial charge in [0.2, 0.25) is 0 Å². The predicted octanol–water partition coefficient (Wildman–Crippen LogP) is 3.57. The van der Waals surface area contributed by atoms with E-state index in [2.05, 4.69) is 6.92 Å². The SMILES string of the molecule is CCCCCCC1=C2CCC[C@@H]2[C@H](O)[C@@]1(O)CC. The Bertz CT molecular complexity index is 321. The minimum absolute atomic E-state index is 0.260. The summed E-state index contributed by atoms with van der Waals surface area (Å²) >= 11 is 0. The zero-order valence-corrected chi connectivity index (χ0v) is 11.9. The molecule has 0 aromatic rings. The number of aliphatic hydroxyl groups excluding tert-OH is 1. The van der Waals surface area contributed by atoms with Gasteiger partial charge in [-0.3, -0.25) is 0 Å². The molecule has 2 nitrogen and oxygen atoms in total. The van der Waals surface area contributed by atoms with Gasteiger partial charge in [-0.2, -0.15) is 0 Å². The second kappa shape index (κ2) is 5.75. The van der Waals surface area contributed by atoms with E-state index in [4.69, 9.17) is 0 Å². The number of hydrogen-bond donors (Lipinski definition) is 2. The molecule has 2 heteroatoms. The van der Waals surface area contributed by atoms with Gasteiger partial charge in [-0.15, -0.1) is 0 Å². The summed E-state index contributed by atoms with van der Waals surface area (Å²) in [4.78, 5) is 0. The molecule has 1 fully saturated rings. The summed E-state index contributed by atoms with van der Waals surface area (Å²) in [6.45, 7) is 4.22. The van der Waals surface area contributed by atoms with Crippen LogP contribution in [-0.2, 0) is 0 Å². The van der Waals surface area contributed by atoms with E-state index in [0.29, 0.717) is 6.42 Å². The van der Waals surface area contributed by atoms with Crippen molar-refractivity contribution in [3.63, 3.8) is 0 Å². The molecule has 104 valence electrons. The zero-order chi connectivity index (χ0) is 13.2. The third-order valence-corrected chi connectivity index (χ3v) is 5.01. The van der Waals surface area contributed by atoms with Crippen molar-refractivity contribution in [2.75, 3.05) is 0 Å². The van der Waals surface area contributed by atoms with Gasteiger partial charge in [-0.05, 0) is 44.1 Å². The van der Waals surface area contributed by atoms with Gasteiger partial charge in [-0.25, -0.2) is 0 Å². The average Bonchev–Trinajstić information content (AvgIpc) is 2.91. The lowest BCUT2D eigenvalue weighted by molar-refractivity contribution is -0.0579. The molecule has 0 bridgehead atoms. The summed E-state index contributed by atoms with van der Waals surface area (Å²) in [5.74, 6) is 0.260. The Labute approximate surface area is 111 Å². The fourth-order valence-electron chi connectivity index (χ4n) is 3.91. The highest BCUT2D eigenvalue weighted by Crippen LogP contribution is 2.51. The first-order valence-electron chi connectivity index (χ1n) is 7.78. The second-order valence-corrected chi connectivity index (χ2v) is 6.04. The van der Waals surface area contributed by atoms with E-state index in [1.165, 1.54) is 36.8 Å². The molecule has 0 unspecified atom stereocenters. The van der Waals surface area contributed by atoms with Crippen LogP contribution in [0.15, 0.2) is 11.1 Å². The molecule has 0 aromatic carbocycles. The van der Waals surface area contributed by atoms with Crippen molar-refractivity contribution in [2.24, 2.45) is 5.92 Å². The van der Waals surface area contributed by atoms with Crippen LogP contribution in [0.2, 0.25) is 0 Å². The Kier molecular flexibility index (Phi) is 4.50. The third kappa shape index (κ3) is 2.25. The van der Waals surface area contributed by atoms with Crippen LogP contribution >= 0.6 is 0 Å². The summed E-state index contributed by atoms with van der Waals surface area (Å²) in [7, 11) is 0. The van der Waals surface area contributed by atoms with Gasteiger partial charge in [0.25, 0.3) is 0 Å². The normalized spacial score (nSPS) is 35.3. The molecule has 0 radical (unpaired) electrons. The van der Waals surface area contributed by atoms with Crippen molar-refractivity contribution in [3.05, 3.63) is 11.1 Å². The molecule has 2 aliphatic carbocycles. The Morgan fingerprint density at radius 2 is 2.00 bits per heavy atom. The van der Waals surface area contributed by atoms with Crippen LogP contribution in [0.3, 0.4) is 0 Å². The van der Waals surface area contributed by atoms with Crippen molar-refractivity contribution in [1.29, 1.82) is 0 Å². The monoisotopic (exact) mass is 252 g/mol. The number of hydrogen-bond acceptors (Lipinski definition) is 2. The molecule has 0 aromatic heterocycles. The van der Waals surface area contributed by atoms with Crippen LogP contribution in [0.4, 0.5) is 0 Å². The molecule has 0 amide bonds. The summed E-state index contributed by atoms with van der Waals surface area (Å²) < 4.78 is 0. The molecule has 0 heterocycles. The van der Waals surface area contributed by atoms with Crippen LogP contribution in [0.5, 0.6) is 0 Å². The zero-order valence-electron chi connectivity index (χ0n) is 11.9. The van der Waals surface area contributed by atoms with Crippen LogP contribution < -0.4 is 0 Å². The van der Waals surface area contributed by atoms with E-state index in [0.717, 1.165) is 25.7 Å². The molecule has 0 aliphatic heterocycles. The molecule has 2 N–H and O–H groups in total. The number of aliphatic hydroxyl groups is 2. The lowest BCUT2D eigenvalue weighted by atomic mass is 9.85. The van der Waals surface area contributed by atoms with Gasteiger partial charge in [0, 0.05) is 5.92 Å². The summed E-state index contributed by atoms with van der Waals surface area (Å²) in [6, 6.07) is 0. The van der Waals surface area contributed by atoms with E-state index in [1.807, 2.05) is 6.92 Å². The lowest BCUT2D eigenvalue weighted by Crippen LogP contribution is -2.42. The summed E-state index contributed by atoms with van der Waals surface area (Å²) in [5.41, 5.74) is 1.70. The quantitative estimate of drug-likeness (QED) is 0.560. The molecular formula is C16H28O2. The highest BCUT2D eigenvalue weighted by atomic mass is 16.3. The van der Waals surface area contributed by atoms with E-state index in [-0.39, 0.29) is 5.92 Å². The maximum absolute atomic E-state index is 10.8. The fraction of sp³-hybridized carbons (Fsp3) is 0.875. The largest absolute Gasteiger partial charge is 0.389 e. The molecule has 2 rings (SSSR count). The van der Waals surface area contributed by atoms with E-state index in [9.17, 15) is 10.2 Å². The first-order valence-corrected chi connectivity index (χ1v) is 7.78. The summed E-state index contributed by atoms with van der Waals surface area (Å²) in [5, 5.41) is 21.2.